The van der Waals surface area contributed by atoms with Gasteiger partial charge in [0.15, 0.2) is 0 Å². The van der Waals surface area contributed by atoms with E-state index in [0.717, 1.165) is 23.3 Å². The van der Waals surface area contributed by atoms with Crippen LogP contribution in [0.4, 0.5) is 4.39 Å². The maximum Gasteiger partial charge on any atom is 0.123 e. The van der Waals surface area contributed by atoms with Gasteiger partial charge in [0.1, 0.15) is 17.3 Å². The van der Waals surface area contributed by atoms with Gasteiger partial charge in [-0.2, -0.15) is 0 Å². The van der Waals surface area contributed by atoms with Crippen molar-refractivity contribution < 1.29 is 13.9 Å². The Labute approximate surface area is 137 Å². The molecule has 1 atom stereocenters. The standard InChI is InChI=1S/C19H24FNO2/c1-4-13-5-7-19(23-3)17(9-13)15(12-21)10-14-11-16(20)6-8-18(14)22-2/h5-9,11,15H,4,10,12,21H2,1-3H3. The van der Waals surface area contributed by atoms with E-state index in [1.165, 1.54) is 17.7 Å². The Morgan fingerprint density at radius 2 is 1.74 bits per heavy atom. The molecule has 4 heteroatoms. The van der Waals surface area contributed by atoms with Crippen LogP contribution >= 0.6 is 0 Å². The highest BCUT2D eigenvalue weighted by molar-refractivity contribution is 5.42. The molecule has 0 saturated carbocycles. The molecule has 0 amide bonds. The Hall–Kier alpha value is -2.07. The number of hydrogen-bond donors (Lipinski definition) is 1. The lowest BCUT2D eigenvalue weighted by atomic mass is 9.89. The molecule has 1 unspecified atom stereocenters. The molecule has 0 fully saturated rings. The number of methoxy groups -OCH3 is 2. The summed E-state index contributed by atoms with van der Waals surface area (Å²) in [7, 11) is 3.24. The van der Waals surface area contributed by atoms with Crippen molar-refractivity contribution in [2.24, 2.45) is 5.73 Å². The molecule has 0 radical (unpaired) electrons. The first-order chi connectivity index (χ1) is 11.1. The molecular formula is C19H24FNO2. The summed E-state index contributed by atoms with van der Waals surface area (Å²) in [5.74, 6) is 1.25. The molecule has 2 N–H and O–H groups in total. The van der Waals surface area contributed by atoms with Gasteiger partial charge in [-0.05, 0) is 60.3 Å². The summed E-state index contributed by atoms with van der Waals surface area (Å²) >= 11 is 0. The average molecular weight is 317 g/mol. The van der Waals surface area contributed by atoms with Crippen molar-refractivity contribution in [3.05, 3.63) is 58.9 Å². The van der Waals surface area contributed by atoms with Crippen LogP contribution in [0.3, 0.4) is 0 Å². The Morgan fingerprint density at radius 3 is 2.35 bits per heavy atom. The topological polar surface area (TPSA) is 44.5 Å². The summed E-state index contributed by atoms with van der Waals surface area (Å²) in [6, 6.07) is 10.7. The van der Waals surface area contributed by atoms with Gasteiger partial charge in [-0.25, -0.2) is 4.39 Å². The van der Waals surface area contributed by atoms with Crippen LogP contribution in [0.5, 0.6) is 11.5 Å². The lowest BCUT2D eigenvalue weighted by Gasteiger charge is -2.20. The first-order valence-electron chi connectivity index (χ1n) is 7.82. The van der Waals surface area contributed by atoms with E-state index < -0.39 is 0 Å². The fraction of sp³-hybridized carbons (Fsp3) is 0.368. The average Bonchev–Trinajstić information content (AvgIpc) is 2.59. The predicted molar refractivity (Wildman–Crippen MR) is 90.8 cm³/mol. The fourth-order valence-corrected chi connectivity index (χ4v) is 2.82. The van der Waals surface area contributed by atoms with E-state index in [-0.39, 0.29) is 11.7 Å². The third kappa shape index (κ3) is 4.02. The van der Waals surface area contributed by atoms with E-state index in [1.807, 2.05) is 6.07 Å². The first-order valence-corrected chi connectivity index (χ1v) is 7.82. The van der Waals surface area contributed by atoms with Crippen LogP contribution in [0.25, 0.3) is 0 Å². The minimum absolute atomic E-state index is 0.0344. The number of ether oxygens (including phenoxy) is 2. The third-order valence-electron chi connectivity index (χ3n) is 4.14. The Kier molecular flexibility index (Phi) is 5.99. The van der Waals surface area contributed by atoms with Crippen LogP contribution in [0.1, 0.15) is 29.5 Å². The number of nitrogens with two attached hydrogens (primary N) is 1. The second-order valence-corrected chi connectivity index (χ2v) is 5.52. The van der Waals surface area contributed by atoms with Crippen molar-refractivity contribution in [1.29, 1.82) is 0 Å². The highest BCUT2D eigenvalue weighted by Crippen LogP contribution is 2.32. The molecule has 23 heavy (non-hydrogen) atoms. The smallest absolute Gasteiger partial charge is 0.123 e. The fourth-order valence-electron chi connectivity index (χ4n) is 2.82. The summed E-state index contributed by atoms with van der Waals surface area (Å²) < 4.78 is 24.4. The second kappa shape index (κ2) is 7.97. The van der Waals surface area contributed by atoms with Crippen LogP contribution in [0, 0.1) is 5.82 Å². The van der Waals surface area contributed by atoms with Crippen molar-refractivity contribution in [3.8, 4) is 11.5 Å². The van der Waals surface area contributed by atoms with E-state index in [1.54, 1.807) is 20.3 Å². The lowest BCUT2D eigenvalue weighted by Crippen LogP contribution is -2.16. The maximum absolute atomic E-state index is 13.6. The molecule has 124 valence electrons. The van der Waals surface area contributed by atoms with Crippen molar-refractivity contribution >= 4 is 0 Å². The van der Waals surface area contributed by atoms with Gasteiger partial charge in [-0.15, -0.1) is 0 Å². The molecule has 0 aliphatic carbocycles. The molecule has 2 rings (SSSR count). The molecule has 0 bridgehead atoms. The molecule has 0 heterocycles. The molecule has 0 spiro atoms. The predicted octanol–water partition coefficient (Wildman–Crippen LogP) is 3.69. The van der Waals surface area contributed by atoms with Crippen molar-refractivity contribution in [2.75, 3.05) is 20.8 Å². The zero-order chi connectivity index (χ0) is 16.8. The summed E-state index contributed by atoms with van der Waals surface area (Å²) in [6.07, 6.45) is 1.54. The first kappa shape index (κ1) is 17.3. The zero-order valence-corrected chi connectivity index (χ0v) is 13.9. The molecule has 0 aliphatic rings. The minimum Gasteiger partial charge on any atom is -0.496 e. The number of aryl methyl sites for hydroxylation is 1. The highest BCUT2D eigenvalue weighted by atomic mass is 19.1. The number of rotatable bonds is 7. The number of halogens is 1. The van der Waals surface area contributed by atoms with E-state index in [4.69, 9.17) is 15.2 Å². The number of benzene rings is 2. The van der Waals surface area contributed by atoms with Crippen LogP contribution in [0.15, 0.2) is 36.4 Å². The molecule has 0 aliphatic heterocycles. The molecule has 2 aromatic carbocycles. The number of hydrogen-bond acceptors (Lipinski definition) is 3. The van der Waals surface area contributed by atoms with Gasteiger partial charge in [0, 0.05) is 5.92 Å². The monoisotopic (exact) mass is 317 g/mol. The van der Waals surface area contributed by atoms with Gasteiger partial charge >= 0.3 is 0 Å². The van der Waals surface area contributed by atoms with E-state index in [9.17, 15) is 4.39 Å². The Balaban J connectivity index is 2.39. The van der Waals surface area contributed by atoms with Crippen LogP contribution in [0.2, 0.25) is 0 Å². The van der Waals surface area contributed by atoms with Crippen LogP contribution < -0.4 is 15.2 Å². The SMILES string of the molecule is CCc1ccc(OC)c(C(CN)Cc2cc(F)ccc2OC)c1. The summed E-state index contributed by atoms with van der Waals surface area (Å²) in [5, 5.41) is 0. The van der Waals surface area contributed by atoms with Crippen molar-refractivity contribution in [3.63, 3.8) is 0 Å². The molecule has 0 saturated heterocycles. The Morgan fingerprint density at radius 1 is 1.04 bits per heavy atom. The van der Waals surface area contributed by atoms with Gasteiger partial charge in [-0.1, -0.05) is 19.1 Å². The molecular weight excluding hydrogens is 293 g/mol. The van der Waals surface area contributed by atoms with Gasteiger partial charge in [0.05, 0.1) is 14.2 Å². The van der Waals surface area contributed by atoms with E-state index >= 15 is 0 Å². The second-order valence-electron chi connectivity index (χ2n) is 5.52. The largest absolute Gasteiger partial charge is 0.496 e. The maximum atomic E-state index is 13.6. The quantitative estimate of drug-likeness (QED) is 0.847. The molecule has 2 aromatic rings. The van der Waals surface area contributed by atoms with Gasteiger partial charge in [-0.3, -0.25) is 0 Å². The third-order valence-corrected chi connectivity index (χ3v) is 4.14. The highest BCUT2D eigenvalue weighted by Gasteiger charge is 2.18. The summed E-state index contributed by atoms with van der Waals surface area (Å²) in [5.41, 5.74) is 9.10. The van der Waals surface area contributed by atoms with Crippen LogP contribution in [-0.2, 0) is 12.8 Å². The van der Waals surface area contributed by atoms with Crippen LogP contribution in [-0.4, -0.2) is 20.8 Å². The summed E-state index contributed by atoms with van der Waals surface area (Å²) in [4.78, 5) is 0. The summed E-state index contributed by atoms with van der Waals surface area (Å²) in [6.45, 7) is 2.56. The normalized spacial score (nSPS) is 12.0. The molecule has 0 aromatic heterocycles. The van der Waals surface area contributed by atoms with Crippen molar-refractivity contribution in [2.45, 2.75) is 25.7 Å². The zero-order valence-electron chi connectivity index (χ0n) is 13.9. The minimum atomic E-state index is -0.272. The lowest BCUT2D eigenvalue weighted by molar-refractivity contribution is 0.399. The Bertz CT molecular complexity index is 658. The van der Waals surface area contributed by atoms with Gasteiger partial charge in [0.25, 0.3) is 0 Å². The molecule has 3 nitrogen and oxygen atoms in total. The van der Waals surface area contributed by atoms with E-state index in [2.05, 4.69) is 19.1 Å². The van der Waals surface area contributed by atoms with E-state index in [0.29, 0.717) is 18.7 Å². The van der Waals surface area contributed by atoms with Gasteiger partial charge < -0.3 is 15.2 Å². The van der Waals surface area contributed by atoms with Gasteiger partial charge in [0.2, 0.25) is 0 Å². The van der Waals surface area contributed by atoms with Crippen molar-refractivity contribution in [1.82, 2.24) is 0 Å².